The van der Waals surface area contributed by atoms with Crippen molar-refractivity contribution < 1.29 is 33.6 Å². The van der Waals surface area contributed by atoms with Gasteiger partial charge in [-0.25, -0.2) is 0 Å². The Morgan fingerprint density at radius 3 is 0.545 bits per heavy atom. The Kier molecular flexibility index (Phi) is 23.2. The summed E-state index contributed by atoms with van der Waals surface area (Å²) >= 11 is 0. The van der Waals surface area contributed by atoms with Gasteiger partial charge in [-0.3, -0.25) is 33.6 Å². The molecule has 2 atom stereocenters. The average Bonchev–Trinajstić information content (AvgIpc) is 3.80. The van der Waals surface area contributed by atoms with E-state index in [1.165, 1.54) is 0 Å². The number of carbonyl (C=O) groups is 7. The normalized spacial score (nSPS) is 19.5. The fraction of sp³-hybridized carbons (Fsp3) is 0.338. The number of nitrogens with zero attached hydrogens (tertiary/aromatic N) is 7. The topological polar surface area (TPSA) is 142 Å². The van der Waals surface area contributed by atoms with Crippen LogP contribution in [0.5, 0.6) is 0 Å². The van der Waals surface area contributed by atoms with E-state index in [0.29, 0.717) is 25.7 Å². The highest BCUT2D eigenvalue weighted by Crippen LogP contribution is 2.39. The van der Waals surface area contributed by atoms with Crippen LogP contribution in [0.1, 0.15) is 70.6 Å². The Morgan fingerprint density at radius 1 is 0.216 bits per heavy atom. The van der Waals surface area contributed by atoms with Crippen molar-refractivity contribution in [3.05, 3.63) is 212 Å². The van der Waals surface area contributed by atoms with Crippen LogP contribution >= 0.6 is 0 Å². The van der Waals surface area contributed by atoms with Gasteiger partial charge in [-0.2, -0.15) is 0 Å². The van der Waals surface area contributed by atoms with Crippen LogP contribution in [-0.2, 0) is 33.6 Å². The molecule has 7 aromatic rings. The molecule has 10 rings (SSSR count). The molecule has 3 saturated carbocycles. The first-order valence-corrected chi connectivity index (χ1v) is 30.8. The zero-order chi connectivity index (χ0) is 62.7. The molecule has 7 amide bonds. The van der Waals surface area contributed by atoms with Crippen LogP contribution in [0.15, 0.2) is 212 Å². The third-order valence-corrected chi connectivity index (χ3v) is 17.9. The van der Waals surface area contributed by atoms with E-state index in [0.717, 1.165) is 84.8 Å². The largest absolute Gasteiger partial charge is 0.315 e. The van der Waals surface area contributed by atoms with Crippen LogP contribution in [0.25, 0.3) is 0 Å². The fourth-order valence-corrected chi connectivity index (χ4v) is 12.5. The fourth-order valence-electron chi connectivity index (χ4n) is 12.5. The van der Waals surface area contributed by atoms with Gasteiger partial charge in [-0.1, -0.05) is 134 Å². The second kappa shape index (κ2) is 31.5. The quantitative estimate of drug-likeness (QED) is 0.105. The summed E-state index contributed by atoms with van der Waals surface area (Å²) in [7, 11) is 12.6. The minimum absolute atomic E-state index is 0.00582. The van der Waals surface area contributed by atoms with Gasteiger partial charge in [0.15, 0.2) is 0 Å². The Labute approximate surface area is 520 Å². The molecule has 14 heteroatoms. The Bertz CT molecular complexity index is 3090. The lowest BCUT2D eigenvalue weighted by Gasteiger charge is -2.37. The SMILES string of the molecule is CN(C(=O)C1CC(C(=O)N(C)c2ccccc2)CC(C(=O)N(C)c2ccccc2)C1)c1ccccc1.CN(C(=O)C1CCC(C(=O)N(C)c2ccccc2)CC1)c1ccccc1.CN(C(=O)C1CCCC(C(=O)N(C)c2ccccc2)C1)c1ccccc1. The predicted octanol–water partition coefficient (Wildman–Crippen LogP) is 13.2. The Morgan fingerprint density at radius 2 is 0.364 bits per heavy atom. The van der Waals surface area contributed by atoms with Crippen LogP contribution in [0.2, 0.25) is 0 Å². The number of anilines is 7. The second-order valence-corrected chi connectivity index (χ2v) is 23.5. The summed E-state index contributed by atoms with van der Waals surface area (Å²) in [5, 5.41) is 0. The van der Waals surface area contributed by atoms with Gasteiger partial charge in [-0.15, -0.1) is 0 Å². The van der Waals surface area contributed by atoms with Gasteiger partial charge in [0, 0.05) is 131 Å². The van der Waals surface area contributed by atoms with Crippen molar-refractivity contribution in [1.29, 1.82) is 0 Å². The summed E-state index contributed by atoms with van der Waals surface area (Å²) in [6.07, 6.45) is 7.61. The number of benzene rings is 7. The molecule has 3 aliphatic carbocycles. The second-order valence-electron chi connectivity index (χ2n) is 23.5. The van der Waals surface area contributed by atoms with Gasteiger partial charge < -0.3 is 34.3 Å². The number of rotatable bonds is 14. The van der Waals surface area contributed by atoms with Crippen molar-refractivity contribution in [2.75, 3.05) is 83.6 Å². The summed E-state index contributed by atoms with van der Waals surface area (Å²) in [5.41, 5.74) is 6.00. The molecule has 7 aromatic carbocycles. The van der Waals surface area contributed by atoms with Gasteiger partial charge in [0.05, 0.1) is 0 Å². The zero-order valence-corrected chi connectivity index (χ0v) is 52.0. The van der Waals surface area contributed by atoms with E-state index in [4.69, 9.17) is 0 Å². The molecular formula is C74H85N7O7. The Balaban J connectivity index is 0.000000175. The molecule has 0 heterocycles. The molecule has 0 radical (unpaired) electrons. The lowest BCUT2D eigenvalue weighted by molar-refractivity contribution is -0.132. The molecule has 14 nitrogen and oxygen atoms in total. The molecule has 0 N–H and O–H groups in total. The van der Waals surface area contributed by atoms with Gasteiger partial charge in [0.2, 0.25) is 41.4 Å². The number of hydrogen-bond donors (Lipinski definition) is 0. The molecule has 458 valence electrons. The molecule has 3 aliphatic rings. The molecule has 0 bridgehead atoms. The molecular weight excluding hydrogens is 1100 g/mol. The van der Waals surface area contributed by atoms with Crippen LogP contribution in [0.3, 0.4) is 0 Å². The molecule has 3 fully saturated rings. The van der Waals surface area contributed by atoms with Crippen LogP contribution in [0.4, 0.5) is 39.8 Å². The summed E-state index contributed by atoms with van der Waals surface area (Å²) in [6.45, 7) is 0. The van der Waals surface area contributed by atoms with Crippen molar-refractivity contribution in [3.63, 3.8) is 0 Å². The highest BCUT2D eigenvalue weighted by atomic mass is 16.2. The van der Waals surface area contributed by atoms with Gasteiger partial charge in [-0.05, 0) is 149 Å². The first-order chi connectivity index (χ1) is 42.5. The van der Waals surface area contributed by atoms with Crippen LogP contribution in [-0.4, -0.2) is 90.7 Å². The molecule has 0 spiro atoms. The van der Waals surface area contributed by atoms with Crippen LogP contribution in [0, 0.1) is 41.4 Å². The highest BCUT2D eigenvalue weighted by Gasteiger charge is 2.42. The van der Waals surface area contributed by atoms with Crippen molar-refractivity contribution in [2.45, 2.75) is 70.6 Å². The van der Waals surface area contributed by atoms with E-state index in [1.807, 2.05) is 241 Å². The van der Waals surface area contributed by atoms with Crippen molar-refractivity contribution in [1.82, 2.24) is 0 Å². The number of amides is 7. The summed E-state index contributed by atoms with van der Waals surface area (Å²) in [6, 6.07) is 67.2. The van der Waals surface area contributed by atoms with Crippen molar-refractivity contribution in [3.8, 4) is 0 Å². The maximum Gasteiger partial charge on any atom is 0.229 e. The van der Waals surface area contributed by atoms with Gasteiger partial charge in [0.1, 0.15) is 0 Å². The molecule has 88 heavy (non-hydrogen) atoms. The number of para-hydroxylation sites is 7. The van der Waals surface area contributed by atoms with E-state index in [-0.39, 0.29) is 65.0 Å². The summed E-state index contributed by atoms with van der Waals surface area (Å²) in [4.78, 5) is 104. The summed E-state index contributed by atoms with van der Waals surface area (Å²) < 4.78 is 0. The minimum Gasteiger partial charge on any atom is -0.315 e. The monoisotopic (exact) mass is 1180 g/mol. The van der Waals surface area contributed by atoms with Gasteiger partial charge in [0.25, 0.3) is 0 Å². The van der Waals surface area contributed by atoms with E-state index in [1.54, 1.807) is 55.4 Å². The predicted molar refractivity (Wildman–Crippen MR) is 354 cm³/mol. The van der Waals surface area contributed by atoms with Crippen molar-refractivity contribution in [2.24, 2.45) is 41.4 Å². The first kappa shape index (κ1) is 64.8. The maximum absolute atomic E-state index is 13.6. The van der Waals surface area contributed by atoms with E-state index < -0.39 is 17.8 Å². The van der Waals surface area contributed by atoms with E-state index in [2.05, 4.69) is 0 Å². The lowest BCUT2D eigenvalue weighted by atomic mass is 9.73. The van der Waals surface area contributed by atoms with Gasteiger partial charge >= 0.3 is 0 Å². The van der Waals surface area contributed by atoms with E-state index in [9.17, 15) is 33.6 Å². The number of carbonyl (C=O) groups excluding carboxylic acids is 7. The maximum atomic E-state index is 13.6. The smallest absolute Gasteiger partial charge is 0.229 e. The molecule has 2 unspecified atom stereocenters. The zero-order valence-electron chi connectivity index (χ0n) is 52.0. The molecule has 0 saturated heterocycles. The highest BCUT2D eigenvalue weighted by molar-refractivity contribution is 6.01. The average molecular weight is 1180 g/mol. The minimum atomic E-state index is -0.430. The third-order valence-electron chi connectivity index (χ3n) is 17.9. The van der Waals surface area contributed by atoms with E-state index >= 15 is 0 Å². The molecule has 0 aliphatic heterocycles. The number of hydrogen-bond acceptors (Lipinski definition) is 7. The van der Waals surface area contributed by atoms with Crippen LogP contribution < -0.4 is 34.3 Å². The first-order valence-electron chi connectivity index (χ1n) is 30.8. The van der Waals surface area contributed by atoms with Crippen molar-refractivity contribution >= 4 is 81.2 Å². The summed E-state index contributed by atoms with van der Waals surface area (Å²) in [5.74, 6) is -1.15. The lowest BCUT2D eigenvalue weighted by Crippen LogP contribution is -2.46. The molecule has 0 aromatic heterocycles. The Hall–Kier alpha value is -9.17. The third kappa shape index (κ3) is 16.7. The standard InChI is InChI=1S/C30H33N3O3.2C22H26N2O2/c1-31(25-13-7-4-8-14-25)28(34)22-19-23(29(35)32(2)26-15-9-5-10-16-26)21-24(20-22)30(36)33(3)27-17-11-6-12-18-27;1-23(19-12-5-3-6-13-19)21(25)17-10-9-11-18(16-17)22(26)24(2)20-14-7-4-8-15-20;1-23(19-9-5-3-6-10-19)21(25)17-13-15-18(16-14-17)22(26)24(2)20-11-7-4-8-12-20/h4-18,22-24H,19-21H2,1-3H3;3-8,12-15,17-18H,9-11,16H2,1-2H3;3-12,17-18H,13-16H2,1-2H3.